The number of nitrogen functional groups attached to an aromatic ring is 1. The van der Waals surface area contributed by atoms with Gasteiger partial charge in [0, 0.05) is 0 Å². The molecule has 108 valence electrons. The first-order chi connectivity index (χ1) is 9.10. The maximum atomic E-state index is 10.1. The Bertz CT molecular complexity index is 616. The van der Waals surface area contributed by atoms with Gasteiger partial charge in [0.2, 0.25) is 0 Å². The highest BCUT2D eigenvalue weighted by Crippen LogP contribution is 2.26. The molecule has 0 aliphatic rings. The van der Waals surface area contributed by atoms with Crippen LogP contribution in [-0.2, 0) is 4.65 Å². The predicted octanol–water partition coefficient (Wildman–Crippen LogP) is 1.80. The predicted molar refractivity (Wildman–Crippen MR) is 81.1 cm³/mol. The Kier molecular flexibility index (Phi) is 3.56. The fraction of sp³-hybridized carbons (Fsp3) is 0.500. The average molecular weight is 276 g/mol. The van der Waals surface area contributed by atoms with Gasteiger partial charge < -0.3 is 19.9 Å². The molecular weight excluding hydrogens is 255 g/mol. The third-order valence-electron chi connectivity index (χ3n) is 3.84. The van der Waals surface area contributed by atoms with E-state index in [9.17, 15) is 5.11 Å². The highest BCUT2D eigenvalue weighted by atomic mass is 16.5. The number of nitrogens with two attached hydrogens (primary N) is 1. The van der Waals surface area contributed by atoms with Gasteiger partial charge in [-0.3, -0.25) is 0 Å². The van der Waals surface area contributed by atoms with E-state index >= 15 is 0 Å². The van der Waals surface area contributed by atoms with Crippen molar-refractivity contribution in [3.05, 3.63) is 18.2 Å². The van der Waals surface area contributed by atoms with Crippen molar-refractivity contribution in [1.29, 1.82) is 0 Å². The number of rotatable bonds is 4. The molecule has 0 saturated carbocycles. The normalized spacial score (nSPS) is 12.9. The van der Waals surface area contributed by atoms with Crippen molar-refractivity contribution in [3.8, 4) is 0 Å². The smallest absolute Gasteiger partial charge is 0.324 e. The van der Waals surface area contributed by atoms with Gasteiger partial charge in [-0.15, -0.1) is 0 Å². The van der Waals surface area contributed by atoms with Crippen LogP contribution in [0.2, 0.25) is 6.82 Å². The quantitative estimate of drug-likeness (QED) is 0.832. The second-order valence-electron chi connectivity index (χ2n) is 6.11. The van der Waals surface area contributed by atoms with E-state index in [0.29, 0.717) is 11.1 Å². The molecular formula is C14H21BN2O3. The largest absolute Gasteiger partial charge is 0.424 e. The van der Waals surface area contributed by atoms with Crippen LogP contribution >= 0.6 is 0 Å². The van der Waals surface area contributed by atoms with Crippen molar-refractivity contribution >= 4 is 29.5 Å². The highest BCUT2D eigenvalue weighted by Gasteiger charge is 2.38. The Morgan fingerprint density at radius 1 is 1.30 bits per heavy atom. The minimum Gasteiger partial charge on any atom is -0.424 e. The zero-order valence-corrected chi connectivity index (χ0v) is 12.6. The first-order valence-corrected chi connectivity index (χ1v) is 6.66. The minimum atomic E-state index is -0.941. The van der Waals surface area contributed by atoms with Gasteiger partial charge in [-0.2, -0.15) is 4.98 Å². The summed E-state index contributed by atoms with van der Waals surface area (Å²) < 4.78 is 11.2. The summed E-state index contributed by atoms with van der Waals surface area (Å²) >= 11 is 0. The summed E-state index contributed by atoms with van der Waals surface area (Å²) in [7, 11) is 0. The molecule has 1 aromatic carbocycles. The van der Waals surface area contributed by atoms with Crippen LogP contribution in [0.25, 0.3) is 11.1 Å². The third kappa shape index (κ3) is 2.81. The van der Waals surface area contributed by atoms with Gasteiger partial charge in [-0.05, 0) is 45.3 Å². The van der Waals surface area contributed by atoms with E-state index in [2.05, 4.69) is 4.98 Å². The number of nitrogens with zero attached hydrogens (tertiary/aromatic N) is 1. The van der Waals surface area contributed by atoms with Crippen LogP contribution in [0, 0.1) is 0 Å². The van der Waals surface area contributed by atoms with E-state index in [4.69, 9.17) is 14.8 Å². The van der Waals surface area contributed by atoms with Crippen LogP contribution in [0.3, 0.4) is 0 Å². The van der Waals surface area contributed by atoms with Crippen molar-refractivity contribution < 1.29 is 14.2 Å². The number of aromatic nitrogens is 1. The van der Waals surface area contributed by atoms with Crippen molar-refractivity contribution in [3.63, 3.8) is 0 Å². The molecule has 0 aliphatic heterocycles. The molecule has 0 fully saturated rings. The first kappa shape index (κ1) is 14.9. The molecule has 0 radical (unpaired) electrons. The van der Waals surface area contributed by atoms with Crippen molar-refractivity contribution in [2.24, 2.45) is 0 Å². The zero-order chi connectivity index (χ0) is 15.1. The molecule has 6 heteroatoms. The summed E-state index contributed by atoms with van der Waals surface area (Å²) in [6.45, 7) is 8.98. The van der Waals surface area contributed by atoms with Crippen LogP contribution in [0.4, 0.5) is 6.01 Å². The SMILES string of the molecule is CB(OC(C)(C)C(C)(C)O)c1ccc2oc(N)nc2c1. The second kappa shape index (κ2) is 4.79. The molecule has 20 heavy (non-hydrogen) atoms. The van der Waals surface area contributed by atoms with E-state index in [0.717, 1.165) is 5.46 Å². The van der Waals surface area contributed by atoms with Gasteiger partial charge in [0.1, 0.15) is 5.52 Å². The van der Waals surface area contributed by atoms with Crippen LogP contribution in [-0.4, -0.2) is 28.2 Å². The topological polar surface area (TPSA) is 81.5 Å². The number of benzene rings is 1. The van der Waals surface area contributed by atoms with E-state index in [-0.39, 0.29) is 12.9 Å². The maximum absolute atomic E-state index is 10.1. The number of fused-ring (bicyclic) bond motifs is 1. The molecule has 2 rings (SSSR count). The molecule has 1 heterocycles. The summed E-state index contributed by atoms with van der Waals surface area (Å²) in [4.78, 5) is 4.11. The van der Waals surface area contributed by atoms with Crippen molar-refractivity contribution in [2.45, 2.75) is 45.7 Å². The number of oxazole rings is 1. The van der Waals surface area contributed by atoms with Gasteiger partial charge in [-0.1, -0.05) is 12.9 Å². The number of hydrogen-bond donors (Lipinski definition) is 2. The van der Waals surface area contributed by atoms with Gasteiger partial charge in [0.25, 0.3) is 6.01 Å². The van der Waals surface area contributed by atoms with Crippen LogP contribution in [0.5, 0.6) is 0 Å². The molecule has 0 saturated heterocycles. The van der Waals surface area contributed by atoms with E-state index in [1.807, 2.05) is 38.9 Å². The molecule has 0 unspecified atom stereocenters. The summed E-state index contributed by atoms with van der Waals surface area (Å²) in [6, 6.07) is 5.78. The monoisotopic (exact) mass is 276 g/mol. The number of hydrogen-bond acceptors (Lipinski definition) is 5. The lowest BCUT2D eigenvalue weighted by Gasteiger charge is -2.39. The van der Waals surface area contributed by atoms with Crippen LogP contribution < -0.4 is 11.2 Å². The molecule has 0 amide bonds. The van der Waals surface area contributed by atoms with Gasteiger partial charge in [-0.25, -0.2) is 0 Å². The van der Waals surface area contributed by atoms with Crippen molar-refractivity contribution in [2.75, 3.05) is 5.73 Å². The lowest BCUT2D eigenvalue weighted by atomic mass is 9.62. The average Bonchev–Trinajstić information content (AvgIpc) is 2.65. The maximum Gasteiger partial charge on any atom is 0.324 e. The number of anilines is 1. The van der Waals surface area contributed by atoms with Gasteiger partial charge >= 0.3 is 6.92 Å². The number of aliphatic hydroxyl groups is 1. The van der Waals surface area contributed by atoms with Crippen LogP contribution in [0.15, 0.2) is 22.6 Å². The Morgan fingerprint density at radius 3 is 2.55 bits per heavy atom. The Labute approximate surface area is 119 Å². The van der Waals surface area contributed by atoms with E-state index in [1.54, 1.807) is 13.8 Å². The van der Waals surface area contributed by atoms with Crippen molar-refractivity contribution in [1.82, 2.24) is 4.98 Å². The molecule has 0 spiro atoms. The van der Waals surface area contributed by atoms with E-state index < -0.39 is 11.2 Å². The lowest BCUT2D eigenvalue weighted by Crippen LogP contribution is -2.52. The Hall–Kier alpha value is -1.53. The molecule has 2 aromatic rings. The molecule has 0 bridgehead atoms. The molecule has 3 N–H and O–H groups in total. The second-order valence-corrected chi connectivity index (χ2v) is 6.11. The molecule has 0 aliphatic carbocycles. The lowest BCUT2D eigenvalue weighted by molar-refractivity contribution is -0.0918. The highest BCUT2D eigenvalue weighted by molar-refractivity contribution is 6.66. The first-order valence-electron chi connectivity index (χ1n) is 6.66. The minimum absolute atomic E-state index is 0.155. The van der Waals surface area contributed by atoms with E-state index in [1.165, 1.54) is 0 Å². The standard InChI is InChI=1S/C14H21BN2O3/c1-13(2,18)14(3,4)20-15(5)9-6-7-11-10(8-9)17-12(16)19-11/h6-8,18H,1-5H3,(H2,16,17). The summed E-state index contributed by atoms with van der Waals surface area (Å²) in [6.07, 6.45) is 0. The Balaban J connectivity index is 2.25. The van der Waals surface area contributed by atoms with Gasteiger partial charge in [0.05, 0.1) is 11.2 Å². The summed E-state index contributed by atoms with van der Waals surface area (Å²) in [5.74, 6) is 0. The third-order valence-corrected chi connectivity index (χ3v) is 3.84. The Morgan fingerprint density at radius 2 is 1.95 bits per heavy atom. The molecule has 5 nitrogen and oxygen atoms in total. The fourth-order valence-corrected chi connectivity index (χ4v) is 1.87. The molecule has 0 atom stereocenters. The van der Waals surface area contributed by atoms with Gasteiger partial charge in [0.15, 0.2) is 5.58 Å². The summed E-state index contributed by atoms with van der Waals surface area (Å²) in [5, 5.41) is 10.1. The molecule has 1 aromatic heterocycles. The zero-order valence-electron chi connectivity index (χ0n) is 12.6. The fourth-order valence-electron chi connectivity index (χ4n) is 1.87. The summed E-state index contributed by atoms with van der Waals surface area (Å²) in [5.41, 5.74) is 6.24. The van der Waals surface area contributed by atoms with Crippen LogP contribution in [0.1, 0.15) is 27.7 Å².